The number of nitrogens with one attached hydrogen (secondary N) is 2. The van der Waals surface area contributed by atoms with E-state index in [-0.39, 0.29) is 24.3 Å². The molecule has 2 N–H and O–H groups in total. The van der Waals surface area contributed by atoms with E-state index in [1.807, 2.05) is 0 Å². The average molecular weight is 341 g/mol. The van der Waals surface area contributed by atoms with Crippen LogP contribution in [0.15, 0.2) is 24.3 Å². The van der Waals surface area contributed by atoms with E-state index < -0.39 is 0 Å². The first kappa shape index (κ1) is 19.0. The summed E-state index contributed by atoms with van der Waals surface area (Å²) in [6.07, 6.45) is 2.70. The van der Waals surface area contributed by atoms with Crippen molar-refractivity contribution in [2.75, 3.05) is 20.2 Å². The van der Waals surface area contributed by atoms with Gasteiger partial charge in [0.2, 0.25) is 5.91 Å². The molecule has 0 spiro atoms. The molecule has 0 aliphatic rings. The molecule has 1 aromatic carbocycles. The first-order valence-electron chi connectivity index (χ1n) is 7.41. The van der Waals surface area contributed by atoms with Crippen LogP contribution in [0.5, 0.6) is 0 Å². The lowest BCUT2D eigenvalue weighted by Crippen LogP contribution is -2.37. The Hall–Kier alpha value is -2.08. The second-order valence-electron chi connectivity index (χ2n) is 4.90. The molecule has 1 aromatic rings. The van der Waals surface area contributed by atoms with Gasteiger partial charge in [0.15, 0.2) is 0 Å². The Morgan fingerprint density at radius 1 is 1.09 bits per heavy atom. The van der Waals surface area contributed by atoms with Gasteiger partial charge in [-0.25, -0.2) is 0 Å². The molecule has 0 aliphatic carbocycles. The van der Waals surface area contributed by atoms with Crippen LogP contribution in [0.4, 0.5) is 0 Å². The lowest BCUT2D eigenvalue weighted by Gasteiger charge is -2.08. The molecule has 0 unspecified atom stereocenters. The third-order valence-electron chi connectivity index (χ3n) is 3.14. The Morgan fingerprint density at radius 2 is 1.83 bits per heavy atom. The van der Waals surface area contributed by atoms with Crippen LogP contribution in [0.3, 0.4) is 0 Å². The molecule has 0 fully saturated rings. The number of unbranched alkanes of at least 4 members (excludes halogenated alkanes) is 2. The Bertz CT molecular complexity index is 549. The first-order valence-corrected chi connectivity index (χ1v) is 7.78. The number of methoxy groups -OCH3 is 1. The van der Waals surface area contributed by atoms with Crippen molar-refractivity contribution in [2.45, 2.75) is 25.7 Å². The van der Waals surface area contributed by atoms with Gasteiger partial charge in [0.1, 0.15) is 0 Å². The largest absolute Gasteiger partial charge is 0.469 e. The van der Waals surface area contributed by atoms with Gasteiger partial charge in [0, 0.05) is 13.0 Å². The van der Waals surface area contributed by atoms with Crippen LogP contribution in [0.1, 0.15) is 36.0 Å². The van der Waals surface area contributed by atoms with Gasteiger partial charge in [0.25, 0.3) is 5.91 Å². The average Bonchev–Trinajstić information content (AvgIpc) is 2.55. The summed E-state index contributed by atoms with van der Waals surface area (Å²) in [7, 11) is 1.36. The molecule has 6 nitrogen and oxygen atoms in total. The summed E-state index contributed by atoms with van der Waals surface area (Å²) >= 11 is 5.90. The van der Waals surface area contributed by atoms with E-state index in [1.54, 1.807) is 24.3 Å². The second-order valence-corrected chi connectivity index (χ2v) is 5.31. The number of ether oxygens (including phenoxy) is 1. The molecule has 126 valence electrons. The predicted octanol–water partition coefficient (Wildman–Crippen LogP) is 1.92. The van der Waals surface area contributed by atoms with Crippen molar-refractivity contribution < 1.29 is 19.1 Å². The van der Waals surface area contributed by atoms with E-state index in [2.05, 4.69) is 15.4 Å². The Balaban J connectivity index is 2.14. The van der Waals surface area contributed by atoms with Gasteiger partial charge in [-0.1, -0.05) is 30.2 Å². The number of hydrogen-bond acceptors (Lipinski definition) is 4. The zero-order valence-corrected chi connectivity index (χ0v) is 13.8. The number of amides is 2. The molecule has 23 heavy (non-hydrogen) atoms. The van der Waals surface area contributed by atoms with Crippen LogP contribution < -0.4 is 10.6 Å². The van der Waals surface area contributed by atoms with Gasteiger partial charge in [-0.15, -0.1) is 0 Å². The van der Waals surface area contributed by atoms with Crippen LogP contribution in [-0.4, -0.2) is 38.0 Å². The molecular formula is C16H21ClN2O4. The van der Waals surface area contributed by atoms with E-state index >= 15 is 0 Å². The minimum atomic E-state index is -0.385. The Kier molecular flexibility index (Phi) is 8.75. The molecule has 0 aromatic heterocycles. The molecule has 0 heterocycles. The topological polar surface area (TPSA) is 84.5 Å². The summed E-state index contributed by atoms with van der Waals surface area (Å²) in [6, 6.07) is 6.64. The number of carbonyl (C=O) groups is 3. The van der Waals surface area contributed by atoms with Gasteiger partial charge in [-0.2, -0.15) is 0 Å². The maximum atomic E-state index is 11.9. The van der Waals surface area contributed by atoms with Crippen LogP contribution >= 0.6 is 11.6 Å². The van der Waals surface area contributed by atoms with Gasteiger partial charge < -0.3 is 15.4 Å². The highest BCUT2D eigenvalue weighted by Gasteiger charge is 2.10. The quantitative estimate of drug-likeness (QED) is 0.531. The first-order chi connectivity index (χ1) is 11.0. The Labute approximate surface area is 140 Å². The summed E-state index contributed by atoms with van der Waals surface area (Å²) in [5.41, 5.74) is 0.338. The molecule has 0 saturated carbocycles. The van der Waals surface area contributed by atoms with Crippen LogP contribution in [0.2, 0.25) is 5.02 Å². The summed E-state index contributed by atoms with van der Waals surface area (Å²) < 4.78 is 4.54. The van der Waals surface area contributed by atoms with E-state index in [0.717, 1.165) is 19.3 Å². The smallest absolute Gasteiger partial charge is 0.305 e. The molecule has 0 bridgehead atoms. The molecule has 1 rings (SSSR count). The van der Waals surface area contributed by atoms with E-state index in [4.69, 9.17) is 11.6 Å². The summed E-state index contributed by atoms with van der Waals surface area (Å²) in [5, 5.41) is 5.56. The van der Waals surface area contributed by atoms with E-state index in [1.165, 1.54) is 7.11 Å². The van der Waals surface area contributed by atoms with Gasteiger partial charge in [-0.3, -0.25) is 14.4 Å². The number of rotatable bonds is 9. The molecule has 0 radical (unpaired) electrons. The minimum Gasteiger partial charge on any atom is -0.469 e. The zero-order chi connectivity index (χ0) is 17.1. The summed E-state index contributed by atoms with van der Waals surface area (Å²) in [4.78, 5) is 34.4. The molecule has 0 aliphatic heterocycles. The number of esters is 1. The fraction of sp³-hybridized carbons (Fsp3) is 0.438. The maximum Gasteiger partial charge on any atom is 0.305 e. The van der Waals surface area contributed by atoms with Gasteiger partial charge >= 0.3 is 5.97 Å². The van der Waals surface area contributed by atoms with Crippen molar-refractivity contribution >= 4 is 29.4 Å². The van der Waals surface area contributed by atoms with Crippen molar-refractivity contribution in [2.24, 2.45) is 0 Å². The normalized spacial score (nSPS) is 10.0. The highest BCUT2D eigenvalue weighted by Crippen LogP contribution is 2.14. The van der Waals surface area contributed by atoms with Crippen molar-refractivity contribution in [1.82, 2.24) is 10.6 Å². The SMILES string of the molecule is COC(=O)CCCCCNC(=O)CNC(=O)c1ccccc1Cl. The number of halogens is 1. The molecule has 7 heteroatoms. The fourth-order valence-electron chi connectivity index (χ4n) is 1.86. The van der Waals surface area contributed by atoms with E-state index in [9.17, 15) is 14.4 Å². The van der Waals surface area contributed by atoms with Crippen molar-refractivity contribution in [1.29, 1.82) is 0 Å². The maximum absolute atomic E-state index is 11.9. The minimum absolute atomic E-state index is 0.105. The lowest BCUT2D eigenvalue weighted by atomic mass is 10.2. The van der Waals surface area contributed by atoms with Gasteiger partial charge in [-0.05, 0) is 25.0 Å². The third kappa shape index (κ3) is 7.65. The van der Waals surface area contributed by atoms with Gasteiger partial charge in [0.05, 0.1) is 24.2 Å². The van der Waals surface area contributed by atoms with E-state index in [0.29, 0.717) is 23.6 Å². The lowest BCUT2D eigenvalue weighted by molar-refractivity contribution is -0.140. The zero-order valence-electron chi connectivity index (χ0n) is 13.1. The highest BCUT2D eigenvalue weighted by molar-refractivity contribution is 6.33. The van der Waals surface area contributed by atoms with Crippen molar-refractivity contribution in [3.8, 4) is 0 Å². The monoisotopic (exact) mass is 340 g/mol. The standard InChI is InChI=1S/C16H21ClN2O4/c1-23-15(21)9-3-2-6-10-18-14(20)11-19-16(22)12-7-4-5-8-13(12)17/h4-5,7-8H,2-3,6,9-11H2,1H3,(H,18,20)(H,19,22). The van der Waals surface area contributed by atoms with Crippen molar-refractivity contribution in [3.05, 3.63) is 34.9 Å². The summed E-state index contributed by atoms with van der Waals surface area (Å²) in [6.45, 7) is 0.397. The third-order valence-corrected chi connectivity index (χ3v) is 3.47. The molecule has 0 atom stereocenters. The van der Waals surface area contributed by atoms with Crippen LogP contribution in [0.25, 0.3) is 0 Å². The number of carbonyl (C=O) groups excluding carboxylic acids is 3. The molecule has 0 saturated heterocycles. The van der Waals surface area contributed by atoms with Crippen molar-refractivity contribution in [3.63, 3.8) is 0 Å². The highest BCUT2D eigenvalue weighted by atomic mass is 35.5. The predicted molar refractivity (Wildman–Crippen MR) is 87.3 cm³/mol. The summed E-state index contributed by atoms with van der Waals surface area (Å²) in [5.74, 6) is -0.876. The number of hydrogen-bond donors (Lipinski definition) is 2. The number of benzene rings is 1. The fourth-order valence-corrected chi connectivity index (χ4v) is 2.09. The molecule has 2 amide bonds. The second kappa shape index (κ2) is 10.6. The van der Waals surface area contributed by atoms with Crippen LogP contribution in [-0.2, 0) is 14.3 Å². The van der Waals surface area contributed by atoms with Crippen LogP contribution in [0, 0.1) is 0 Å². The molecular weight excluding hydrogens is 320 g/mol. The Morgan fingerprint density at radius 3 is 2.52 bits per heavy atom.